The fraction of sp³-hybridized carbons (Fsp3) is 0.370. The summed E-state index contributed by atoms with van der Waals surface area (Å²) in [6.07, 6.45) is 5.85. The molecule has 0 atom stereocenters. The summed E-state index contributed by atoms with van der Waals surface area (Å²) in [4.78, 5) is 12.2. The van der Waals surface area contributed by atoms with E-state index in [1.54, 1.807) is 30.4 Å². The quantitative estimate of drug-likeness (QED) is 0.174. The van der Waals surface area contributed by atoms with Gasteiger partial charge in [0.15, 0.2) is 0 Å². The van der Waals surface area contributed by atoms with Gasteiger partial charge in [-0.2, -0.15) is 11.3 Å². The van der Waals surface area contributed by atoms with Gasteiger partial charge >= 0.3 is 5.97 Å². The number of carbonyl (C=O) groups is 1. The molecule has 0 radical (unpaired) electrons. The van der Waals surface area contributed by atoms with Gasteiger partial charge in [0.1, 0.15) is 12.4 Å². The first kappa shape index (κ1) is 25.5. The molecule has 32 heavy (non-hydrogen) atoms. The lowest BCUT2D eigenvalue weighted by atomic mass is 9.98. The number of hydrogen-bond acceptors (Lipinski definition) is 5. The summed E-state index contributed by atoms with van der Waals surface area (Å²) >= 11 is 1.67. The molecule has 0 N–H and O–H groups in total. The lowest BCUT2D eigenvalue weighted by Gasteiger charge is -2.08. The van der Waals surface area contributed by atoms with Gasteiger partial charge in [0.05, 0.1) is 19.8 Å². The van der Waals surface area contributed by atoms with E-state index in [-0.39, 0.29) is 11.4 Å². The fourth-order valence-corrected chi connectivity index (χ4v) is 3.30. The Balaban J connectivity index is 1.80. The van der Waals surface area contributed by atoms with Crippen molar-refractivity contribution in [1.29, 1.82) is 0 Å². The monoisotopic (exact) mass is 452 g/mol. The second kappa shape index (κ2) is 13.6. The molecular formula is C27H32O4S. The molecule has 0 saturated heterocycles. The van der Waals surface area contributed by atoms with Gasteiger partial charge in [0.25, 0.3) is 0 Å². The van der Waals surface area contributed by atoms with Gasteiger partial charge in [-0.15, -0.1) is 0 Å². The van der Waals surface area contributed by atoms with E-state index >= 15 is 0 Å². The predicted octanol–water partition coefficient (Wildman–Crippen LogP) is 6.30. The molecule has 170 valence electrons. The summed E-state index contributed by atoms with van der Waals surface area (Å²) < 4.78 is 16.6. The Kier molecular flexibility index (Phi) is 10.8. The molecule has 1 heterocycles. The SMILES string of the molecule is CCOC(=O)/C(=C/COCCOc1cccc(-c2ccsc2)c1)C/C=C/C#CC(C)(C)C. The van der Waals surface area contributed by atoms with E-state index in [4.69, 9.17) is 14.2 Å². The zero-order valence-electron chi connectivity index (χ0n) is 19.4. The summed E-state index contributed by atoms with van der Waals surface area (Å²) in [7, 11) is 0. The van der Waals surface area contributed by atoms with Crippen LogP contribution < -0.4 is 4.74 Å². The Bertz CT molecular complexity index is 954. The molecule has 0 saturated carbocycles. The summed E-state index contributed by atoms with van der Waals surface area (Å²) in [6, 6.07) is 10.1. The Labute approximate surface area is 195 Å². The summed E-state index contributed by atoms with van der Waals surface area (Å²) in [5.74, 6) is 6.62. The number of thiophene rings is 1. The Morgan fingerprint density at radius 2 is 2.00 bits per heavy atom. The highest BCUT2D eigenvalue weighted by molar-refractivity contribution is 7.08. The molecule has 0 amide bonds. The third kappa shape index (κ3) is 10.00. The highest BCUT2D eigenvalue weighted by atomic mass is 32.1. The average Bonchev–Trinajstić information content (AvgIpc) is 3.29. The largest absolute Gasteiger partial charge is 0.491 e. The first-order valence-electron chi connectivity index (χ1n) is 10.8. The molecule has 2 aromatic rings. The van der Waals surface area contributed by atoms with Gasteiger partial charge in [-0.25, -0.2) is 4.79 Å². The lowest BCUT2D eigenvalue weighted by Crippen LogP contribution is -2.10. The maximum Gasteiger partial charge on any atom is 0.334 e. The zero-order valence-corrected chi connectivity index (χ0v) is 20.2. The van der Waals surface area contributed by atoms with Crippen LogP contribution in [0, 0.1) is 17.3 Å². The van der Waals surface area contributed by atoms with Crippen LogP contribution >= 0.6 is 11.3 Å². The first-order valence-corrected chi connectivity index (χ1v) is 11.7. The van der Waals surface area contributed by atoms with Crippen molar-refractivity contribution in [1.82, 2.24) is 0 Å². The minimum absolute atomic E-state index is 0.0503. The van der Waals surface area contributed by atoms with E-state index in [0.717, 1.165) is 11.3 Å². The molecule has 0 spiro atoms. The third-order valence-corrected chi connectivity index (χ3v) is 4.84. The molecule has 1 aromatic heterocycles. The predicted molar refractivity (Wildman–Crippen MR) is 132 cm³/mol. The van der Waals surface area contributed by atoms with Gasteiger partial charge in [-0.1, -0.05) is 30.0 Å². The fourth-order valence-electron chi connectivity index (χ4n) is 2.63. The highest BCUT2D eigenvalue weighted by Gasteiger charge is 2.08. The molecule has 5 heteroatoms. The molecule has 0 unspecified atom stereocenters. The van der Waals surface area contributed by atoms with Crippen LogP contribution in [0.15, 0.2) is 64.9 Å². The molecule has 0 bridgehead atoms. The van der Waals surface area contributed by atoms with E-state index in [1.165, 1.54) is 5.56 Å². The van der Waals surface area contributed by atoms with E-state index in [2.05, 4.69) is 55.5 Å². The van der Waals surface area contributed by atoms with Gasteiger partial charge in [0.2, 0.25) is 0 Å². The highest BCUT2D eigenvalue weighted by Crippen LogP contribution is 2.25. The van der Waals surface area contributed by atoms with Crippen LogP contribution in [0.3, 0.4) is 0 Å². The maximum absolute atomic E-state index is 12.2. The molecule has 4 nitrogen and oxygen atoms in total. The number of rotatable bonds is 11. The number of benzene rings is 1. The van der Waals surface area contributed by atoms with Crippen molar-refractivity contribution < 1.29 is 19.0 Å². The van der Waals surface area contributed by atoms with Crippen LogP contribution in [0.1, 0.15) is 34.1 Å². The second-order valence-electron chi connectivity index (χ2n) is 8.04. The first-order chi connectivity index (χ1) is 15.4. The van der Waals surface area contributed by atoms with Gasteiger partial charge in [-0.3, -0.25) is 0 Å². The normalized spacial score (nSPS) is 11.8. The third-order valence-electron chi connectivity index (χ3n) is 4.16. The van der Waals surface area contributed by atoms with Crippen molar-refractivity contribution >= 4 is 17.3 Å². The summed E-state index contributed by atoms with van der Waals surface area (Å²) in [6.45, 7) is 9.45. The van der Waals surface area contributed by atoms with Gasteiger partial charge < -0.3 is 14.2 Å². The molecule has 2 rings (SSSR count). The second-order valence-corrected chi connectivity index (χ2v) is 8.82. The Morgan fingerprint density at radius 1 is 1.16 bits per heavy atom. The minimum Gasteiger partial charge on any atom is -0.491 e. The van der Waals surface area contributed by atoms with Crippen LogP contribution in [0.25, 0.3) is 11.1 Å². The lowest BCUT2D eigenvalue weighted by molar-refractivity contribution is -0.138. The number of hydrogen-bond donors (Lipinski definition) is 0. The Hall–Kier alpha value is -2.81. The van der Waals surface area contributed by atoms with Crippen LogP contribution in [0.4, 0.5) is 0 Å². The molecule has 0 aliphatic heterocycles. The van der Waals surface area contributed by atoms with Crippen molar-refractivity contribution in [3.8, 4) is 28.7 Å². The molecular weight excluding hydrogens is 420 g/mol. The number of esters is 1. The maximum atomic E-state index is 12.2. The summed E-state index contributed by atoms with van der Waals surface area (Å²) in [5, 5.41) is 4.17. The average molecular weight is 453 g/mol. The number of carbonyl (C=O) groups excluding carboxylic acids is 1. The van der Waals surface area contributed by atoms with Crippen molar-refractivity contribution in [2.24, 2.45) is 5.41 Å². The smallest absolute Gasteiger partial charge is 0.334 e. The van der Waals surface area contributed by atoms with Crippen molar-refractivity contribution in [2.45, 2.75) is 34.1 Å². The number of allylic oxidation sites excluding steroid dienone is 2. The van der Waals surface area contributed by atoms with Crippen LogP contribution in [0.2, 0.25) is 0 Å². The zero-order chi connectivity index (χ0) is 23.2. The molecule has 1 aromatic carbocycles. The van der Waals surface area contributed by atoms with Crippen LogP contribution in [-0.2, 0) is 14.3 Å². The Morgan fingerprint density at radius 3 is 2.72 bits per heavy atom. The van der Waals surface area contributed by atoms with Crippen molar-refractivity contribution in [3.63, 3.8) is 0 Å². The standard InChI is InChI=1S/C27H32O4S/c1-5-30-26(28)22(10-7-6-8-15-27(2,3)4)13-16-29-17-18-31-25-12-9-11-23(20-25)24-14-19-32-21-24/h6-7,9,11-14,19-21H,5,10,16-18H2,1-4H3/b7-6+,22-13+. The van der Waals surface area contributed by atoms with Crippen molar-refractivity contribution in [3.05, 3.63) is 64.9 Å². The topological polar surface area (TPSA) is 44.8 Å². The number of ether oxygens (including phenoxy) is 3. The van der Waals surface area contributed by atoms with Gasteiger partial charge in [0, 0.05) is 11.0 Å². The molecule has 0 aliphatic rings. The van der Waals surface area contributed by atoms with Crippen molar-refractivity contribution in [2.75, 3.05) is 26.4 Å². The van der Waals surface area contributed by atoms with E-state index in [0.29, 0.717) is 38.4 Å². The minimum atomic E-state index is -0.328. The molecule has 0 aliphatic carbocycles. The van der Waals surface area contributed by atoms with E-state index in [1.807, 2.05) is 24.3 Å². The van der Waals surface area contributed by atoms with Gasteiger partial charge in [-0.05, 0) is 86.4 Å². The van der Waals surface area contributed by atoms with E-state index < -0.39 is 0 Å². The molecule has 0 fully saturated rings. The van der Waals surface area contributed by atoms with Crippen LogP contribution in [-0.4, -0.2) is 32.4 Å². The van der Waals surface area contributed by atoms with Crippen LogP contribution in [0.5, 0.6) is 5.75 Å². The van der Waals surface area contributed by atoms with E-state index in [9.17, 15) is 4.79 Å². The summed E-state index contributed by atoms with van der Waals surface area (Å²) in [5.41, 5.74) is 2.83.